The molecule has 29 heavy (non-hydrogen) atoms. The molecule has 3 aromatic carbocycles. The van der Waals surface area contributed by atoms with E-state index in [0.717, 1.165) is 17.5 Å². The maximum Gasteiger partial charge on any atom is 0.344 e. The van der Waals surface area contributed by atoms with Crippen LogP contribution in [0.2, 0.25) is 0 Å². The van der Waals surface area contributed by atoms with Crippen molar-refractivity contribution in [2.24, 2.45) is 4.99 Å². The topological polar surface area (TPSA) is 109 Å². The van der Waals surface area contributed by atoms with Crippen LogP contribution >= 0.6 is 0 Å². The molecule has 1 aromatic heterocycles. The molecule has 0 radical (unpaired) electrons. The van der Waals surface area contributed by atoms with Crippen LogP contribution in [0.4, 0.5) is 11.4 Å². The number of hydrogen-bond acceptors (Lipinski definition) is 6. The summed E-state index contributed by atoms with van der Waals surface area (Å²) in [5.74, 6) is -0.357. The smallest absolute Gasteiger partial charge is 0.344 e. The highest BCUT2D eigenvalue weighted by atomic mass is 16.6. The zero-order valence-electron chi connectivity index (χ0n) is 14.9. The third-order valence-electron chi connectivity index (χ3n) is 4.38. The summed E-state index contributed by atoms with van der Waals surface area (Å²) in [6, 6.07) is 19.3. The van der Waals surface area contributed by atoms with Gasteiger partial charge in [0.25, 0.3) is 5.69 Å². The predicted molar refractivity (Wildman–Crippen MR) is 108 cm³/mol. The second-order valence-corrected chi connectivity index (χ2v) is 6.27. The number of aliphatic imine (C=N–C) groups is 1. The van der Waals surface area contributed by atoms with E-state index in [1.54, 1.807) is 42.5 Å². The number of fused-ring (bicyclic) bond motifs is 1. The van der Waals surface area contributed by atoms with Gasteiger partial charge in [0, 0.05) is 23.7 Å². The van der Waals surface area contributed by atoms with E-state index in [4.69, 9.17) is 4.42 Å². The second-order valence-electron chi connectivity index (χ2n) is 6.27. The van der Waals surface area contributed by atoms with Crippen molar-refractivity contribution < 1.29 is 14.4 Å². The van der Waals surface area contributed by atoms with E-state index >= 15 is 0 Å². The molecule has 0 saturated heterocycles. The van der Waals surface area contributed by atoms with Gasteiger partial charge in [0.1, 0.15) is 5.58 Å². The lowest BCUT2D eigenvalue weighted by molar-refractivity contribution is -0.385. The van der Waals surface area contributed by atoms with Gasteiger partial charge in [0.15, 0.2) is 0 Å². The number of benzene rings is 3. The summed E-state index contributed by atoms with van der Waals surface area (Å²) in [5, 5.41) is 23.5. The fraction of sp³-hybridized carbons (Fsp3) is 0. The Morgan fingerprint density at radius 3 is 2.48 bits per heavy atom. The van der Waals surface area contributed by atoms with Gasteiger partial charge >= 0.3 is 5.63 Å². The number of nitrogens with zero attached hydrogens (tertiary/aromatic N) is 2. The first kappa shape index (κ1) is 18.1. The predicted octanol–water partition coefficient (Wildman–Crippen LogP) is 4.19. The number of nitro groups is 1. The van der Waals surface area contributed by atoms with Crippen LogP contribution in [0, 0.1) is 10.1 Å². The summed E-state index contributed by atoms with van der Waals surface area (Å²) in [6.07, 6.45) is 1.29. The molecule has 142 valence electrons. The lowest BCUT2D eigenvalue weighted by Gasteiger charge is -2.08. The van der Waals surface area contributed by atoms with Gasteiger partial charge in [-0.05, 0) is 35.4 Å². The summed E-state index contributed by atoms with van der Waals surface area (Å²) in [7, 11) is 0. The van der Waals surface area contributed by atoms with E-state index in [2.05, 4.69) is 4.99 Å². The third-order valence-corrected chi connectivity index (χ3v) is 4.38. The molecule has 7 nitrogen and oxygen atoms in total. The summed E-state index contributed by atoms with van der Waals surface area (Å²) in [5.41, 5.74) is 1.66. The molecule has 0 aliphatic heterocycles. The highest BCUT2D eigenvalue weighted by Gasteiger charge is 2.08. The van der Waals surface area contributed by atoms with Gasteiger partial charge in [-0.1, -0.05) is 42.1 Å². The van der Waals surface area contributed by atoms with Crippen LogP contribution in [-0.4, -0.2) is 11.1 Å². The van der Waals surface area contributed by atoms with Gasteiger partial charge in [-0.25, -0.2) is 4.79 Å². The molecule has 0 unspecified atom stereocenters. The standard InChI is InChI=1S/C22H14N2O5/c25-20-10-9-18(24(27)28)11-16(20)13-23-17-7-5-14(6-8-17)19-12-15-3-1-2-4-21(15)29-22(19)26/h1-13,25H/p-1. The van der Waals surface area contributed by atoms with E-state index < -0.39 is 10.5 Å². The minimum absolute atomic E-state index is 0.124. The monoisotopic (exact) mass is 385 g/mol. The van der Waals surface area contributed by atoms with Crippen LogP contribution in [0.3, 0.4) is 0 Å². The van der Waals surface area contributed by atoms with Crippen molar-refractivity contribution in [3.05, 3.63) is 98.9 Å². The van der Waals surface area contributed by atoms with Crippen LogP contribution < -0.4 is 10.7 Å². The van der Waals surface area contributed by atoms with E-state index in [-0.39, 0.29) is 17.0 Å². The van der Waals surface area contributed by atoms with Crippen molar-refractivity contribution in [3.8, 4) is 16.9 Å². The van der Waals surface area contributed by atoms with Gasteiger partial charge in [-0.3, -0.25) is 15.1 Å². The molecular weight excluding hydrogens is 372 g/mol. The molecule has 0 saturated carbocycles. The molecule has 0 bridgehead atoms. The highest BCUT2D eigenvalue weighted by molar-refractivity contribution is 5.86. The zero-order chi connectivity index (χ0) is 20.4. The van der Waals surface area contributed by atoms with Crippen LogP contribution in [-0.2, 0) is 0 Å². The Morgan fingerprint density at radius 1 is 0.966 bits per heavy atom. The van der Waals surface area contributed by atoms with Gasteiger partial charge < -0.3 is 9.52 Å². The first-order valence-corrected chi connectivity index (χ1v) is 8.64. The molecule has 0 aliphatic rings. The first-order valence-electron chi connectivity index (χ1n) is 8.64. The first-order chi connectivity index (χ1) is 14.0. The number of para-hydroxylation sites is 1. The Bertz CT molecular complexity index is 1310. The summed E-state index contributed by atoms with van der Waals surface area (Å²) < 4.78 is 5.35. The number of rotatable bonds is 4. The lowest BCUT2D eigenvalue weighted by atomic mass is 10.1. The zero-order valence-corrected chi connectivity index (χ0v) is 14.9. The normalized spacial score (nSPS) is 11.2. The second kappa shape index (κ2) is 7.40. The van der Waals surface area contributed by atoms with Crippen LogP contribution in [0.1, 0.15) is 5.56 Å². The van der Waals surface area contributed by atoms with Gasteiger partial charge in [-0.2, -0.15) is 0 Å². The Morgan fingerprint density at radius 2 is 1.72 bits per heavy atom. The quantitative estimate of drug-likeness (QED) is 0.226. The maximum absolute atomic E-state index is 12.3. The van der Waals surface area contributed by atoms with Gasteiger partial charge in [0.2, 0.25) is 0 Å². The molecular formula is C22H13N2O5-. The van der Waals surface area contributed by atoms with E-state index in [1.165, 1.54) is 12.3 Å². The Hall–Kier alpha value is -4.26. The van der Waals surface area contributed by atoms with Crippen molar-refractivity contribution in [3.63, 3.8) is 0 Å². The Labute approximate surface area is 164 Å². The van der Waals surface area contributed by atoms with Gasteiger partial charge in [0.05, 0.1) is 16.2 Å². The minimum atomic E-state index is -0.569. The van der Waals surface area contributed by atoms with Crippen LogP contribution in [0.15, 0.2) is 87.0 Å². The average molecular weight is 385 g/mol. The highest BCUT2D eigenvalue weighted by Crippen LogP contribution is 2.24. The molecule has 0 amide bonds. The third kappa shape index (κ3) is 3.74. The fourth-order valence-electron chi connectivity index (χ4n) is 2.88. The fourth-order valence-corrected chi connectivity index (χ4v) is 2.88. The molecule has 7 heteroatoms. The molecule has 0 atom stereocenters. The molecule has 4 aromatic rings. The lowest BCUT2D eigenvalue weighted by Crippen LogP contribution is -2.02. The van der Waals surface area contributed by atoms with E-state index in [0.29, 0.717) is 22.4 Å². The van der Waals surface area contributed by atoms with E-state index in [1.807, 2.05) is 12.1 Å². The van der Waals surface area contributed by atoms with Crippen LogP contribution in [0.25, 0.3) is 22.1 Å². The molecule has 4 rings (SSSR count). The Kier molecular flexibility index (Phi) is 4.62. The van der Waals surface area contributed by atoms with Crippen molar-refractivity contribution >= 4 is 28.6 Å². The molecule has 0 spiro atoms. The van der Waals surface area contributed by atoms with Crippen molar-refractivity contribution in [1.82, 2.24) is 0 Å². The average Bonchev–Trinajstić information content (AvgIpc) is 2.73. The summed E-state index contributed by atoms with van der Waals surface area (Å²) in [6.45, 7) is 0. The Balaban J connectivity index is 1.63. The number of non-ortho nitro benzene ring substituents is 1. The maximum atomic E-state index is 12.3. The van der Waals surface area contributed by atoms with Crippen molar-refractivity contribution in [2.75, 3.05) is 0 Å². The molecule has 1 heterocycles. The van der Waals surface area contributed by atoms with Gasteiger partial charge in [-0.15, -0.1) is 0 Å². The van der Waals surface area contributed by atoms with Crippen molar-refractivity contribution in [2.45, 2.75) is 0 Å². The minimum Gasteiger partial charge on any atom is -0.872 e. The molecule has 0 fully saturated rings. The largest absolute Gasteiger partial charge is 0.872 e. The van der Waals surface area contributed by atoms with Crippen LogP contribution in [0.5, 0.6) is 5.75 Å². The van der Waals surface area contributed by atoms with E-state index in [9.17, 15) is 20.0 Å². The number of nitro benzene ring substituents is 1. The molecule has 0 aliphatic carbocycles. The summed E-state index contributed by atoms with van der Waals surface area (Å²) >= 11 is 0. The SMILES string of the molecule is O=c1oc2ccccc2cc1-c1ccc(N=Cc2cc([N+](=O)[O-])ccc2[O-])cc1. The summed E-state index contributed by atoms with van der Waals surface area (Å²) in [4.78, 5) is 26.7. The molecule has 0 N–H and O–H groups in total. The number of hydrogen-bond donors (Lipinski definition) is 0. The van der Waals surface area contributed by atoms with Crippen molar-refractivity contribution in [1.29, 1.82) is 0 Å².